The Bertz CT molecular complexity index is 703. The SMILES string of the molecule is O=C(NC1CCN(c2ccccn2)C1)N1CCc2ccccc21. The van der Waals surface area contributed by atoms with Gasteiger partial charge in [-0.25, -0.2) is 9.78 Å². The summed E-state index contributed by atoms with van der Waals surface area (Å²) in [6.45, 7) is 2.51. The lowest BCUT2D eigenvalue weighted by Gasteiger charge is -2.22. The second kappa shape index (κ2) is 5.91. The van der Waals surface area contributed by atoms with Crippen molar-refractivity contribution in [2.75, 3.05) is 29.4 Å². The lowest BCUT2D eigenvalue weighted by molar-refractivity contribution is 0.244. The first-order valence-electron chi connectivity index (χ1n) is 8.13. The number of carbonyl (C=O) groups excluding carboxylic acids is 1. The molecule has 0 radical (unpaired) electrons. The standard InChI is InChI=1S/C18H20N4O/c23-18(22-12-8-14-5-1-2-6-16(14)22)20-15-9-11-21(13-15)17-7-3-4-10-19-17/h1-7,10,15H,8-9,11-13H2,(H,20,23). The summed E-state index contributed by atoms with van der Waals surface area (Å²) in [6, 6.07) is 14.3. The van der Waals surface area contributed by atoms with Crippen molar-refractivity contribution in [2.24, 2.45) is 0 Å². The fourth-order valence-corrected chi connectivity index (χ4v) is 3.43. The molecule has 4 rings (SSSR count). The Morgan fingerprint density at radius 2 is 2.00 bits per heavy atom. The van der Waals surface area contributed by atoms with Crippen molar-refractivity contribution in [3.05, 3.63) is 54.2 Å². The zero-order valence-corrected chi connectivity index (χ0v) is 13.0. The fourth-order valence-electron chi connectivity index (χ4n) is 3.43. The van der Waals surface area contributed by atoms with Gasteiger partial charge in [-0.3, -0.25) is 4.90 Å². The zero-order chi connectivity index (χ0) is 15.6. The number of nitrogens with one attached hydrogen (secondary N) is 1. The van der Waals surface area contributed by atoms with E-state index in [4.69, 9.17) is 0 Å². The molecule has 3 heterocycles. The van der Waals surface area contributed by atoms with Crippen molar-refractivity contribution >= 4 is 17.5 Å². The van der Waals surface area contributed by atoms with Crippen LogP contribution in [0.15, 0.2) is 48.7 Å². The van der Waals surface area contributed by atoms with Gasteiger partial charge in [0.25, 0.3) is 0 Å². The second-order valence-corrected chi connectivity index (χ2v) is 6.10. The van der Waals surface area contributed by atoms with Gasteiger partial charge in [-0.1, -0.05) is 24.3 Å². The Kier molecular flexibility index (Phi) is 3.61. The van der Waals surface area contributed by atoms with Gasteiger partial charge in [0.2, 0.25) is 0 Å². The molecule has 1 fully saturated rings. The first kappa shape index (κ1) is 14.1. The summed E-state index contributed by atoms with van der Waals surface area (Å²) in [4.78, 5) is 21.1. The van der Waals surface area contributed by atoms with Crippen molar-refractivity contribution in [3.8, 4) is 0 Å². The van der Waals surface area contributed by atoms with Crippen LogP contribution in [0.5, 0.6) is 0 Å². The molecule has 0 aliphatic carbocycles. The van der Waals surface area contributed by atoms with E-state index in [-0.39, 0.29) is 12.1 Å². The van der Waals surface area contributed by atoms with E-state index < -0.39 is 0 Å². The largest absolute Gasteiger partial charge is 0.354 e. The van der Waals surface area contributed by atoms with Gasteiger partial charge in [-0.2, -0.15) is 0 Å². The maximum atomic E-state index is 12.6. The highest BCUT2D eigenvalue weighted by Crippen LogP contribution is 2.27. The van der Waals surface area contributed by atoms with Crippen LogP contribution in [0.1, 0.15) is 12.0 Å². The van der Waals surface area contributed by atoms with Crippen LogP contribution in [0.3, 0.4) is 0 Å². The van der Waals surface area contributed by atoms with Crippen molar-refractivity contribution < 1.29 is 4.79 Å². The predicted molar refractivity (Wildman–Crippen MR) is 90.9 cm³/mol. The van der Waals surface area contributed by atoms with Crippen LogP contribution in [-0.4, -0.2) is 36.7 Å². The zero-order valence-electron chi connectivity index (χ0n) is 13.0. The predicted octanol–water partition coefficient (Wildman–Crippen LogP) is 2.43. The van der Waals surface area contributed by atoms with Crippen molar-refractivity contribution in [3.63, 3.8) is 0 Å². The van der Waals surface area contributed by atoms with Crippen molar-refractivity contribution in [1.29, 1.82) is 0 Å². The van der Waals surface area contributed by atoms with Crippen LogP contribution in [0, 0.1) is 0 Å². The summed E-state index contributed by atoms with van der Waals surface area (Å²) >= 11 is 0. The van der Waals surface area contributed by atoms with E-state index in [1.54, 1.807) is 0 Å². The van der Waals surface area contributed by atoms with E-state index in [1.807, 2.05) is 47.5 Å². The van der Waals surface area contributed by atoms with Crippen LogP contribution in [0.2, 0.25) is 0 Å². The summed E-state index contributed by atoms with van der Waals surface area (Å²) < 4.78 is 0. The lowest BCUT2D eigenvalue weighted by atomic mass is 10.2. The number of nitrogens with zero attached hydrogens (tertiary/aromatic N) is 3. The van der Waals surface area contributed by atoms with Gasteiger partial charge in [0, 0.05) is 37.6 Å². The minimum Gasteiger partial charge on any atom is -0.354 e. The third-order valence-corrected chi connectivity index (χ3v) is 4.62. The Hall–Kier alpha value is -2.56. The van der Waals surface area contributed by atoms with Gasteiger partial charge in [0.15, 0.2) is 0 Å². The molecule has 2 aliphatic rings. The van der Waals surface area contributed by atoms with Gasteiger partial charge in [0.05, 0.1) is 0 Å². The summed E-state index contributed by atoms with van der Waals surface area (Å²) in [7, 11) is 0. The van der Waals surface area contributed by atoms with Crippen molar-refractivity contribution in [2.45, 2.75) is 18.9 Å². The number of fused-ring (bicyclic) bond motifs is 1. The van der Waals surface area contributed by atoms with Gasteiger partial charge < -0.3 is 10.2 Å². The number of urea groups is 1. The average Bonchev–Trinajstić information content (AvgIpc) is 3.22. The maximum absolute atomic E-state index is 12.6. The summed E-state index contributed by atoms with van der Waals surface area (Å²) in [6.07, 6.45) is 3.70. The van der Waals surface area contributed by atoms with E-state index >= 15 is 0 Å². The number of hydrogen-bond acceptors (Lipinski definition) is 3. The number of hydrogen-bond donors (Lipinski definition) is 1. The van der Waals surface area contributed by atoms with Crippen LogP contribution < -0.4 is 15.1 Å². The first-order chi connectivity index (χ1) is 11.3. The fraction of sp³-hybridized carbons (Fsp3) is 0.333. The number of anilines is 2. The molecule has 23 heavy (non-hydrogen) atoms. The molecule has 1 atom stereocenters. The minimum atomic E-state index is 0.0165. The van der Waals surface area contributed by atoms with Gasteiger partial charge in [-0.15, -0.1) is 0 Å². The number of aromatic nitrogens is 1. The van der Waals surface area contributed by atoms with Gasteiger partial charge >= 0.3 is 6.03 Å². The van der Waals surface area contributed by atoms with E-state index in [0.29, 0.717) is 0 Å². The summed E-state index contributed by atoms with van der Waals surface area (Å²) in [5.74, 6) is 0.982. The highest BCUT2D eigenvalue weighted by Gasteiger charge is 2.29. The molecule has 118 valence electrons. The number of pyridine rings is 1. The normalized spacial score (nSPS) is 19.7. The maximum Gasteiger partial charge on any atom is 0.322 e. The lowest BCUT2D eigenvalue weighted by Crippen LogP contribution is -2.45. The molecule has 2 aliphatic heterocycles. The number of benzene rings is 1. The Labute approximate surface area is 135 Å². The molecule has 0 saturated carbocycles. The Morgan fingerprint density at radius 3 is 2.87 bits per heavy atom. The van der Waals surface area contributed by atoms with E-state index in [0.717, 1.165) is 44.0 Å². The summed E-state index contributed by atoms with van der Waals surface area (Å²) in [5.41, 5.74) is 2.30. The third-order valence-electron chi connectivity index (χ3n) is 4.62. The summed E-state index contributed by atoms with van der Waals surface area (Å²) in [5, 5.41) is 3.18. The molecule has 5 heteroatoms. The molecule has 1 aromatic heterocycles. The average molecular weight is 308 g/mol. The minimum absolute atomic E-state index is 0.0165. The van der Waals surface area contributed by atoms with Crippen molar-refractivity contribution in [1.82, 2.24) is 10.3 Å². The topological polar surface area (TPSA) is 48.5 Å². The van der Waals surface area contributed by atoms with Gasteiger partial charge in [-0.05, 0) is 36.6 Å². The van der Waals surface area contributed by atoms with E-state index in [9.17, 15) is 4.79 Å². The number of carbonyl (C=O) groups is 1. The molecule has 0 spiro atoms. The van der Waals surface area contributed by atoms with E-state index in [1.165, 1.54) is 5.56 Å². The van der Waals surface area contributed by atoms with Crippen LogP contribution >= 0.6 is 0 Å². The molecule has 1 saturated heterocycles. The van der Waals surface area contributed by atoms with Crippen LogP contribution in [0.4, 0.5) is 16.3 Å². The molecule has 2 aromatic rings. The monoisotopic (exact) mass is 308 g/mol. The molecule has 1 N–H and O–H groups in total. The van der Waals surface area contributed by atoms with Gasteiger partial charge in [0.1, 0.15) is 5.82 Å². The number of amides is 2. The van der Waals surface area contributed by atoms with Crippen LogP contribution in [0.25, 0.3) is 0 Å². The smallest absolute Gasteiger partial charge is 0.322 e. The number of para-hydroxylation sites is 1. The Morgan fingerprint density at radius 1 is 1.13 bits per heavy atom. The highest BCUT2D eigenvalue weighted by atomic mass is 16.2. The molecule has 5 nitrogen and oxygen atoms in total. The second-order valence-electron chi connectivity index (χ2n) is 6.10. The molecule has 2 amide bonds. The van der Waals surface area contributed by atoms with Crippen LogP contribution in [-0.2, 0) is 6.42 Å². The van der Waals surface area contributed by atoms with E-state index in [2.05, 4.69) is 21.3 Å². The first-order valence-corrected chi connectivity index (χ1v) is 8.13. The Balaban J connectivity index is 1.39. The molecular formula is C18H20N4O. The molecule has 0 bridgehead atoms. The quantitative estimate of drug-likeness (QED) is 0.927. The number of rotatable bonds is 2. The molecule has 1 aromatic carbocycles. The highest BCUT2D eigenvalue weighted by molar-refractivity contribution is 5.94. The molecule has 1 unspecified atom stereocenters. The molecular weight excluding hydrogens is 288 g/mol. The third kappa shape index (κ3) is 2.74.